The van der Waals surface area contributed by atoms with Crippen LogP contribution in [-0.4, -0.2) is 32.4 Å². The molecule has 2 aliphatic carbocycles. The minimum atomic E-state index is -0.533. The van der Waals surface area contributed by atoms with Crippen molar-refractivity contribution in [3.8, 4) is 0 Å². The molecule has 33 heavy (non-hydrogen) atoms. The van der Waals surface area contributed by atoms with Gasteiger partial charge in [0.25, 0.3) is 11.8 Å². The van der Waals surface area contributed by atoms with Crippen molar-refractivity contribution in [3.63, 3.8) is 0 Å². The summed E-state index contributed by atoms with van der Waals surface area (Å²) in [4.78, 5) is 47.0. The van der Waals surface area contributed by atoms with Crippen LogP contribution in [0.5, 0.6) is 0 Å². The number of nitrogens with zero attached hydrogens (tertiary/aromatic N) is 2. The molecule has 1 unspecified atom stereocenters. The summed E-state index contributed by atoms with van der Waals surface area (Å²) in [5.74, 6) is -0.283. The summed E-state index contributed by atoms with van der Waals surface area (Å²) in [5.41, 5.74) is 1.18. The average molecular weight is 448 g/mol. The minimum Gasteiger partial charge on any atom is -0.349 e. The van der Waals surface area contributed by atoms with Crippen molar-refractivity contribution >= 4 is 22.8 Å². The molecule has 2 saturated carbocycles. The lowest BCUT2D eigenvalue weighted by Gasteiger charge is -2.23. The Morgan fingerprint density at radius 1 is 1.03 bits per heavy atom. The number of amides is 2. The quantitative estimate of drug-likeness (QED) is 0.536. The van der Waals surface area contributed by atoms with Crippen molar-refractivity contribution in [2.45, 2.75) is 70.0 Å². The molecule has 0 saturated heterocycles. The number of fused-ring (bicyclic) bond motifs is 1. The van der Waals surface area contributed by atoms with Crippen molar-refractivity contribution < 1.29 is 9.59 Å². The lowest BCUT2D eigenvalue weighted by atomic mass is 9.95. The van der Waals surface area contributed by atoms with E-state index in [0.29, 0.717) is 5.82 Å². The highest BCUT2D eigenvalue weighted by Gasteiger charge is 2.28. The molecule has 2 amide bonds. The number of benzene rings is 1. The zero-order chi connectivity index (χ0) is 22.9. The van der Waals surface area contributed by atoms with Gasteiger partial charge in [-0.2, -0.15) is 0 Å². The second-order valence-corrected chi connectivity index (χ2v) is 9.24. The molecule has 2 fully saturated rings. The maximum Gasteiger partial charge on any atom is 0.257 e. The number of para-hydroxylation sites is 2. The number of imidazole rings is 1. The molecule has 1 aromatic carbocycles. The Hall–Kier alpha value is -3.42. The van der Waals surface area contributed by atoms with Crippen LogP contribution in [0.2, 0.25) is 0 Å². The van der Waals surface area contributed by atoms with Crippen LogP contribution in [0.3, 0.4) is 0 Å². The van der Waals surface area contributed by atoms with Gasteiger partial charge in [0, 0.05) is 24.5 Å². The average Bonchev–Trinajstić information content (AvgIpc) is 3.57. The molecule has 1 atom stereocenters. The summed E-state index contributed by atoms with van der Waals surface area (Å²) in [6.07, 6.45) is 10.3. The van der Waals surface area contributed by atoms with Gasteiger partial charge in [0.05, 0.1) is 17.1 Å². The number of aromatic amines is 1. The van der Waals surface area contributed by atoms with Crippen molar-refractivity contribution in [2.24, 2.45) is 0 Å². The lowest BCUT2D eigenvalue weighted by Crippen LogP contribution is -2.40. The fourth-order valence-electron chi connectivity index (χ4n) is 4.54. The highest BCUT2D eigenvalue weighted by Crippen LogP contribution is 2.34. The summed E-state index contributed by atoms with van der Waals surface area (Å²) in [6, 6.07) is 7.52. The van der Waals surface area contributed by atoms with Gasteiger partial charge in [-0.15, -0.1) is 0 Å². The highest BCUT2D eigenvalue weighted by molar-refractivity contribution is 5.99. The maximum atomic E-state index is 13.2. The van der Waals surface area contributed by atoms with Crippen LogP contribution in [0.1, 0.15) is 90.5 Å². The third kappa shape index (κ3) is 4.55. The largest absolute Gasteiger partial charge is 0.349 e. The number of nitrogens with one attached hydrogen (secondary N) is 3. The summed E-state index contributed by atoms with van der Waals surface area (Å²) >= 11 is 0. The molecule has 8 heteroatoms. The summed E-state index contributed by atoms with van der Waals surface area (Å²) < 4.78 is 1.85. The Morgan fingerprint density at radius 2 is 1.73 bits per heavy atom. The maximum absolute atomic E-state index is 13.2. The fourth-order valence-corrected chi connectivity index (χ4v) is 4.54. The van der Waals surface area contributed by atoms with E-state index in [2.05, 4.69) is 20.6 Å². The molecule has 8 nitrogen and oxygen atoms in total. The Labute approximate surface area is 191 Å². The molecular formula is C25H29N5O3. The first-order valence-electron chi connectivity index (χ1n) is 11.8. The van der Waals surface area contributed by atoms with Gasteiger partial charge in [-0.3, -0.25) is 14.4 Å². The number of pyridine rings is 1. The molecule has 2 aliphatic rings. The van der Waals surface area contributed by atoms with Crippen LogP contribution in [0.25, 0.3) is 11.0 Å². The second-order valence-electron chi connectivity index (χ2n) is 9.24. The van der Waals surface area contributed by atoms with Gasteiger partial charge in [-0.1, -0.05) is 31.4 Å². The van der Waals surface area contributed by atoms with Gasteiger partial charge in [0.15, 0.2) is 0 Å². The molecule has 3 N–H and O–H groups in total. The van der Waals surface area contributed by atoms with Gasteiger partial charge in [0.2, 0.25) is 5.43 Å². The van der Waals surface area contributed by atoms with Crippen LogP contribution >= 0.6 is 0 Å². The highest BCUT2D eigenvalue weighted by atomic mass is 16.2. The predicted octanol–water partition coefficient (Wildman–Crippen LogP) is 3.61. The van der Waals surface area contributed by atoms with E-state index in [9.17, 15) is 14.4 Å². The molecule has 0 radical (unpaired) electrons. The topological polar surface area (TPSA) is 109 Å². The van der Waals surface area contributed by atoms with Crippen molar-refractivity contribution in [1.29, 1.82) is 0 Å². The molecule has 2 heterocycles. The third-order valence-electron chi connectivity index (χ3n) is 6.61. The SMILES string of the molecule is CC(NC(=O)c1cn(C2CC2)cc(C(=O)NC2CCCCC2)c1=O)c1nc2ccccc2[nH]1. The van der Waals surface area contributed by atoms with Crippen LogP contribution in [-0.2, 0) is 0 Å². The first kappa shape index (κ1) is 21.4. The van der Waals surface area contributed by atoms with Crippen molar-refractivity contribution in [2.75, 3.05) is 0 Å². The Balaban J connectivity index is 1.39. The Morgan fingerprint density at radius 3 is 2.42 bits per heavy atom. The standard InChI is InChI=1S/C25H29N5O3/c1-15(23-28-20-9-5-6-10-21(20)29-23)26-24(32)18-13-30(17-11-12-17)14-19(22(18)31)25(33)27-16-7-3-2-4-8-16/h5-6,9-10,13-17H,2-4,7-8,11-12H2,1H3,(H,26,32)(H,27,33)(H,28,29). The number of carbonyl (C=O) groups excluding carboxylic acids is 2. The molecule has 172 valence electrons. The van der Waals surface area contributed by atoms with E-state index >= 15 is 0 Å². The molecule has 0 spiro atoms. The van der Waals surface area contributed by atoms with E-state index in [1.165, 1.54) is 6.42 Å². The van der Waals surface area contributed by atoms with Gasteiger partial charge >= 0.3 is 0 Å². The molecular weight excluding hydrogens is 418 g/mol. The normalized spacial score (nSPS) is 17.6. The summed E-state index contributed by atoms with van der Waals surface area (Å²) in [6.45, 7) is 1.81. The van der Waals surface area contributed by atoms with E-state index in [-0.39, 0.29) is 29.1 Å². The van der Waals surface area contributed by atoms with Crippen LogP contribution < -0.4 is 16.1 Å². The van der Waals surface area contributed by atoms with Gasteiger partial charge in [-0.25, -0.2) is 4.98 Å². The van der Waals surface area contributed by atoms with E-state index < -0.39 is 17.4 Å². The van der Waals surface area contributed by atoms with Gasteiger partial charge in [-0.05, 0) is 44.7 Å². The van der Waals surface area contributed by atoms with Gasteiger partial charge in [0.1, 0.15) is 17.0 Å². The predicted molar refractivity (Wildman–Crippen MR) is 125 cm³/mol. The van der Waals surface area contributed by atoms with E-state index in [1.54, 1.807) is 12.4 Å². The van der Waals surface area contributed by atoms with E-state index in [0.717, 1.165) is 49.6 Å². The first-order chi connectivity index (χ1) is 16.0. The minimum absolute atomic E-state index is 0.0128. The third-order valence-corrected chi connectivity index (χ3v) is 6.61. The molecule has 0 bridgehead atoms. The van der Waals surface area contributed by atoms with Crippen LogP contribution in [0.15, 0.2) is 41.5 Å². The summed E-state index contributed by atoms with van der Waals surface area (Å²) in [5, 5.41) is 5.88. The molecule has 3 aromatic rings. The van der Waals surface area contributed by atoms with Crippen LogP contribution in [0, 0.1) is 0 Å². The number of hydrogen-bond acceptors (Lipinski definition) is 4. The van der Waals surface area contributed by atoms with E-state index in [1.807, 2.05) is 35.8 Å². The number of rotatable bonds is 6. The summed E-state index contributed by atoms with van der Waals surface area (Å²) in [7, 11) is 0. The molecule has 0 aliphatic heterocycles. The van der Waals surface area contributed by atoms with Gasteiger partial charge < -0.3 is 20.2 Å². The van der Waals surface area contributed by atoms with Crippen molar-refractivity contribution in [3.05, 3.63) is 63.8 Å². The zero-order valence-corrected chi connectivity index (χ0v) is 18.8. The van der Waals surface area contributed by atoms with E-state index in [4.69, 9.17) is 0 Å². The number of H-pyrrole nitrogens is 1. The lowest BCUT2D eigenvalue weighted by molar-refractivity contribution is 0.0925. The zero-order valence-electron chi connectivity index (χ0n) is 18.8. The first-order valence-corrected chi connectivity index (χ1v) is 11.8. The molecule has 2 aromatic heterocycles. The monoisotopic (exact) mass is 447 g/mol. The number of carbonyl (C=O) groups is 2. The Kier molecular flexibility index (Phi) is 5.74. The second kappa shape index (κ2) is 8.84. The Bertz CT molecular complexity index is 1220. The fraction of sp³-hybridized carbons (Fsp3) is 0.440. The number of aromatic nitrogens is 3. The smallest absolute Gasteiger partial charge is 0.257 e. The molecule has 5 rings (SSSR count). The van der Waals surface area contributed by atoms with Crippen LogP contribution in [0.4, 0.5) is 0 Å². The van der Waals surface area contributed by atoms with Crippen molar-refractivity contribution in [1.82, 2.24) is 25.2 Å². The number of hydrogen-bond donors (Lipinski definition) is 3.